The van der Waals surface area contributed by atoms with E-state index in [1.54, 1.807) is 0 Å². The Balaban J connectivity index is 4.45. The first-order valence-electron chi connectivity index (χ1n) is 3.37. The van der Waals surface area contributed by atoms with Crippen LogP contribution in [0.15, 0.2) is 0 Å². The van der Waals surface area contributed by atoms with Gasteiger partial charge in [-0.3, -0.25) is 9.36 Å². The summed E-state index contributed by atoms with van der Waals surface area (Å²) >= 11 is 0. The standard InChI is InChI=1S/C6H11F2O4P/c1-6(7,8)5(9)4-13(10,11-2)12-3/h4H2,1-3H3. The maximum Gasteiger partial charge on any atom is 0.337 e. The molecule has 0 bridgehead atoms. The Bertz CT molecular complexity index is 227. The minimum absolute atomic E-state index is 0.436. The van der Waals surface area contributed by atoms with Gasteiger partial charge in [0.25, 0.3) is 0 Å². The largest absolute Gasteiger partial charge is 0.337 e. The van der Waals surface area contributed by atoms with E-state index < -0.39 is 25.5 Å². The molecule has 0 spiro atoms. The molecular formula is C6H11F2O4P. The normalized spacial score (nSPS) is 13.0. The molecular weight excluding hydrogens is 205 g/mol. The van der Waals surface area contributed by atoms with E-state index >= 15 is 0 Å². The first-order chi connectivity index (χ1) is 5.75. The summed E-state index contributed by atoms with van der Waals surface area (Å²) in [5, 5.41) is 0. The predicted octanol–water partition coefficient (Wildman–Crippen LogP) is 1.70. The van der Waals surface area contributed by atoms with Gasteiger partial charge in [0, 0.05) is 21.1 Å². The van der Waals surface area contributed by atoms with Gasteiger partial charge < -0.3 is 9.05 Å². The molecule has 0 unspecified atom stereocenters. The zero-order chi connectivity index (χ0) is 10.7. The van der Waals surface area contributed by atoms with E-state index in [1.165, 1.54) is 0 Å². The lowest BCUT2D eigenvalue weighted by Crippen LogP contribution is -2.27. The molecule has 0 amide bonds. The smallest absolute Gasteiger partial charge is 0.312 e. The second kappa shape index (κ2) is 4.26. The number of carbonyl (C=O) groups is 1. The predicted molar refractivity (Wildman–Crippen MR) is 42.1 cm³/mol. The summed E-state index contributed by atoms with van der Waals surface area (Å²) in [6.45, 7) is 0.436. The Labute approximate surface area is 74.7 Å². The van der Waals surface area contributed by atoms with Crippen molar-refractivity contribution in [3.63, 3.8) is 0 Å². The van der Waals surface area contributed by atoms with Crippen molar-refractivity contribution in [1.29, 1.82) is 0 Å². The van der Waals surface area contributed by atoms with Gasteiger partial charge in [0.05, 0.1) is 0 Å². The molecule has 0 saturated carbocycles. The molecule has 7 heteroatoms. The summed E-state index contributed by atoms with van der Waals surface area (Å²) in [4.78, 5) is 10.7. The van der Waals surface area contributed by atoms with Crippen molar-refractivity contribution in [3.05, 3.63) is 0 Å². The molecule has 0 heterocycles. The lowest BCUT2D eigenvalue weighted by molar-refractivity contribution is -0.138. The van der Waals surface area contributed by atoms with Crippen molar-refractivity contribution in [2.24, 2.45) is 0 Å². The molecule has 0 aromatic heterocycles. The van der Waals surface area contributed by atoms with Crippen LogP contribution in [0.1, 0.15) is 6.92 Å². The summed E-state index contributed by atoms with van der Waals surface area (Å²) in [5.41, 5.74) is 0. The second-order valence-electron chi connectivity index (χ2n) is 2.45. The van der Waals surface area contributed by atoms with E-state index in [-0.39, 0.29) is 0 Å². The Morgan fingerprint density at radius 1 is 1.38 bits per heavy atom. The van der Waals surface area contributed by atoms with Crippen molar-refractivity contribution in [2.75, 3.05) is 20.4 Å². The van der Waals surface area contributed by atoms with E-state index in [2.05, 4.69) is 9.05 Å². The Morgan fingerprint density at radius 2 is 1.77 bits per heavy atom. The van der Waals surface area contributed by atoms with Crippen molar-refractivity contribution in [1.82, 2.24) is 0 Å². The molecule has 0 saturated heterocycles. The van der Waals surface area contributed by atoms with Gasteiger partial charge in [-0.15, -0.1) is 0 Å². The van der Waals surface area contributed by atoms with Crippen LogP contribution in [0.4, 0.5) is 8.78 Å². The van der Waals surface area contributed by atoms with E-state index in [0.717, 1.165) is 14.2 Å². The Hall–Kier alpha value is -0.320. The third-order valence-electron chi connectivity index (χ3n) is 1.38. The van der Waals surface area contributed by atoms with E-state index in [4.69, 9.17) is 0 Å². The number of halogens is 2. The number of hydrogen-bond donors (Lipinski definition) is 0. The van der Waals surface area contributed by atoms with Gasteiger partial charge in [0.15, 0.2) is 0 Å². The average Bonchev–Trinajstić information content (AvgIpc) is 2.02. The molecule has 0 radical (unpaired) electrons. The van der Waals surface area contributed by atoms with Gasteiger partial charge in [0.2, 0.25) is 5.78 Å². The number of ketones is 1. The Kier molecular flexibility index (Phi) is 4.16. The van der Waals surface area contributed by atoms with Crippen molar-refractivity contribution in [3.8, 4) is 0 Å². The molecule has 0 atom stereocenters. The minimum atomic E-state index is -3.66. The third-order valence-corrected chi connectivity index (χ3v) is 3.17. The maximum atomic E-state index is 12.3. The maximum absolute atomic E-state index is 12.3. The van der Waals surface area contributed by atoms with Gasteiger partial charge in [-0.25, -0.2) is 0 Å². The fraction of sp³-hybridized carbons (Fsp3) is 0.833. The second-order valence-corrected chi connectivity index (χ2v) is 4.71. The summed E-state index contributed by atoms with van der Waals surface area (Å²) in [5.74, 6) is -4.97. The van der Waals surface area contributed by atoms with Crippen LogP contribution in [0.5, 0.6) is 0 Å². The summed E-state index contributed by atoms with van der Waals surface area (Å²) in [7, 11) is -1.60. The van der Waals surface area contributed by atoms with Gasteiger partial charge >= 0.3 is 13.5 Å². The highest BCUT2D eigenvalue weighted by Crippen LogP contribution is 2.47. The molecule has 0 N–H and O–H groups in total. The lowest BCUT2D eigenvalue weighted by Gasteiger charge is -2.14. The fourth-order valence-corrected chi connectivity index (χ4v) is 1.56. The molecule has 0 aliphatic heterocycles. The minimum Gasteiger partial charge on any atom is -0.312 e. The number of hydrogen-bond acceptors (Lipinski definition) is 4. The molecule has 0 aromatic carbocycles. The molecule has 0 rings (SSSR count). The average molecular weight is 216 g/mol. The monoisotopic (exact) mass is 216 g/mol. The molecule has 0 aliphatic carbocycles. The molecule has 0 aliphatic rings. The molecule has 78 valence electrons. The van der Waals surface area contributed by atoms with Crippen molar-refractivity contribution in [2.45, 2.75) is 12.8 Å². The summed E-state index contributed by atoms with van der Waals surface area (Å²) in [6, 6.07) is 0. The quantitative estimate of drug-likeness (QED) is 0.656. The van der Waals surface area contributed by atoms with Gasteiger partial charge in [-0.2, -0.15) is 8.78 Å². The number of alkyl halides is 2. The third kappa shape index (κ3) is 3.93. The van der Waals surface area contributed by atoms with E-state index in [9.17, 15) is 18.1 Å². The first kappa shape index (κ1) is 12.7. The number of rotatable bonds is 5. The van der Waals surface area contributed by atoms with E-state index in [0.29, 0.717) is 6.92 Å². The summed E-state index contributed by atoms with van der Waals surface area (Å²) in [6.07, 6.45) is -0.913. The topological polar surface area (TPSA) is 52.6 Å². The van der Waals surface area contributed by atoms with Crippen LogP contribution in [0, 0.1) is 0 Å². The van der Waals surface area contributed by atoms with E-state index in [1.807, 2.05) is 0 Å². The zero-order valence-corrected chi connectivity index (χ0v) is 8.44. The first-order valence-corrected chi connectivity index (χ1v) is 5.09. The SMILES string of the molecule is COP(=O)(CC(=O)C(C)(F)F)OC. The van der Waals surface area contributed by atoms with Crippen LogP contribution in [0.3, 0.4) is 0 Å². The van der Waals surface area contributed by atoms with Gasteiger partial charge in [-0.05, 0) is 0 Å². The Morgan fingerprint density at radius 3 is 2.00 bits per heavy atom. The highest BCUT2D eigenvalue weighted by atomic mass is 31.2. The van der Waals surface area contributed by atoms with Crippen LogP contribution in [-0.2, 0) is 18.4 Å². The highest BCUT2D eigenvalue weighted by Gasteiger charge is 2.38. The van der Waals surface area contributed by atoms with Gasteiger partial charge in [0.1, 0.15) is 6.16 Å². The van der Waals surface area contributed by atoms with Crippen LogP contribution in [-0.4, -0.2) is 32.1 Å². The van der Waals surface area contributed by atoms with Crippen LogP contribution in [0.25, 0.3) is 0 Å². The van der Waals surface area contributed by atoms with Crippen LogP contribution in [0.2, 0.25) is 0 Å². The molecule has 4 nitrogen and oxygen atoms in total. The molecule has 0 fully saturated rings. The highest BCUT2D eigenvalue weighted by molar-refractivity contribution is 7.54. The number of carbonyl (C=O) groups excluding carboxylic acids is 1. The summed E-state index contributed by atoms with van der Waals surface area (Å²) < 4.78 is 44.5. The number of Topliss-reactive ketones (excluding diaryl/α,β-unsaturated/α-hetero) is 1. The van der Waals surface area contributed by atoms with Crippen LogP contribution < -0.4 is 0 Å². The van der Waals surface area contributed by atoms with Gasteiger partial charge in [-0.1, -0.05) is 0 Å². The molecule has 13 heavy (non-hydrogen) atoms. The molecule has 0 aromatic rings. The fourth-order valence-electron chi connectivity index (χ4n) is 0.518. The van der Waals surface area contributed by atoms with Crippen LogP contribution >= 0.6 is 7.60 Å². The zero-order valence-electron chi connectivity index (χ0n) is 7.54. The van der Waals surface area contributed by atoms with Crippen molar-refractivity contribution < 1.29 is 27.2 Å². The van der Waals surface area contributed by atoms with Crippen molar-refractivity contribution >= 4 is 13.4 Å². The lowest BCUT2D eigenvalue weighted by atomic mass is 10.3.